The highest BCUT2D eigenvalue weighted by molar-refractivity contribution is 5.24. The first-order chi connectivity index (χ1) is 5.74. The van der Waals surface area contributed by atoms with Crippen molar-refractivity contribution in [2.45, 2.75) is 13.0 Å². The fraction of sp³-hybridized carbons (Fsp3) is 0.400. The monoisotopic (exact) mass is 167 g/mol. The Hall–Kier alpha value is -0.890. The summed E-state index contributed by atoms with van der Waals surface area (Å²) in [5.41, 5.74) is 0. The average molecular weight is 167 g/mol. The van der Waals surface area contributed by atoms with Gasteiger partial charge in [-0.15, -0.1) is 0 Å². The van der Waals surface area contributed by atoms with Gasteiger partial charge in [0.1, 0.15) is 5.83 Å². The lowest BCUT2D eigenvalue weighted by Crippen LogP contribution is -2.27. The van der Waals surface area contributed by atoms with Gasteiger partial charge in [-0.1, -0.05) is 18.2 Å². The van der Waals surface area contributed by atoms with Crippen molar-refractivity contribution in [3.05, 3.63) is 36.2 Å². The lowest BCUT2D eigenvalue weighted by atomic mass is 10.0. The minimum Gasteiger partial charge on any atom is -0.316 e. The summed E-state index contributed by atoms with van der Waals surface area (Å²) in [4.78, 5) is 0. The highest BCUT2D eigenvalue weighted by atomic mass is 19.1. The van der Waals surface area contributed by atoms with E-state index in [0.717, 1.165) is 0 Å². The molecule has 0 fully saturated rings. The third-order valence-corrected chi connectivity index (χ3v) is 2.10. The maximum Gasteiger partial charge on any atom is 0.122 e. The van der Waals surface area contributed by atoms with Crippen LogP contribution in [0.4, 0.5) is 4.39 Å². The van der Waals surface area contributed by atoms with Gasteiger partial charge in [-0.25, -0.2) is 4.39 Å². The zero-order valence-electron chi connectivity index (χ0n) is 7.42. The lowest BCUT2D eigenvalue weighted by molar-refractivity contribution is 0.535. The minimum absolute atomic E-state index is 0.183. The van der Waals surface area contributed by atoms with Gasteiger partial charge in [-0.3, -0.25) is 0 Å². The van der Waals surface area contributed by atoms with Gasteiger partial charge in [0.15, 0.2) is 0 Å². The van der Waals surface area contributed by atoms with E-state index in [1.807, 2.05) is 19.2 Å². The van der Waals surface area contributed by atoms with Crippen molar-refractivity contribution in [3.8, 4) is 0 Å². The van der Waals surface area contributed by atoms with Gasteiger partial charge in [0.25, 0.3) is 0 Å². The summed E-state index contributed by atoms with van der Waals surface area (Å²) in [6.45, 7) is 2.07. The summed E-state index contributed by atoms with van der Waals surface area (Å²) in [7, 11) is 1.90. The molecule has 0 heterocycles. The van der Waals surface area contributed by atoms with Crippen LogP contribution in [0.3, 0.4) is 0 Å². The molecule has 2 atom stereocenters. The second kappa shape index (κ2) is 4.21. The third kappa shape index (κ3) is 2.31. The van der Waals surface area contributed by atoms with E-state index in [-0.39, 0.29) is 11.7 Å². The SMILES string of the molecule is CNC(C)C1C=CC=C(F)C=C1. The van der Waals surface area contributed by atoms with Crippen molar-refractivity contribution in [3.63, 3.8) is 0 Å². The van der Waals surface area contributed by atoms with E-state index in [1.165, 1.54) is 12.2 Å². The molecule has 2 unspecified atom stereocenters. The van der Waals surface area contributed by atoms with Gasteiger partial charge in [0.05, 0.1) is 0 Å². The van der Waals surface area contributed by atoms with E-state index in [1.54, 1.807) is 6.08 Å². The summed E-state index contributed by atoms with van der Waals surface area (Å²) < 4.78 is 12.7. The molecule has 0 aromatic rings. The Morgan fingerprint density at radius 2 is 2.25 bits per heavy atom. The van der Waals surface area contributed by atoms with Crippen molar-refractivity contribution in [1.29, 1.82) is 0 Å². The molecule has 66 valence electrons. The van der Waals surface area contributed by atoms with Gasteiger partial charge in [0, 0.05) is 12.0 Å². The molecule has 12 heavy (non-hydrogen) atoms. The molecule has 0 bridgehead atoms. The first-order valence-electron chi connectivity index (χ1n) is 4.13. The van der Waals surface area contributed by atoms with Crippen LogP contribution in [0.2, 0.25) is 0 Å². The van der Waals surface area contributed by atoms with Gasteiger partial charge >= 0.3 is 0 Å². The molecule has 0 radical (unpaired) electrons. The molecule has 1 rings (SSSR count). The Bertz CT molecular complexity index is 228. The maximum atomic E-state index is 12.7. The highest BCUT2D eigenvalue weighted by Gasteiger charge is 2.09. The molecular formula is C10H14FN. The zero-order valence-corrected chi connectivity index (χ0v) is 7.42. The van der Waals surface area contributed by atoms with Crippen LogP contribution in [0.1, 0.15) is 6.92 Å². The number of halogens is 1. The molecule has 2 heteroatoms. The van der Waals surface area contributed by atoms with E-state index < -0.39 is 0 Å². The molecule has 0 spiro atoms. The van der Waals surface area contributed by atoms with E-state index in [9.17, 15) is 4.39 Å². The number of nitrogens with one attached hydrogen (secondary N) is 1. The first-order valence-corrected chi connectivity index (χ1v) is 4.13. The quantitative estimate of drug-likeness (QED) is 0.664. The Labute approximate surface area is 72.7 Å². The van der Waals surface area contributed by atoms with Crippen LogP contribution in [-0.4, -0.2) is 13.1 Å². The molecule has 0 amide bonds. The third-order valence-electron chi connectivity index (χ3n) is 2.10. The number of rotatable bonds is 2. The molecule has 0 aromatic heterocycles. The lowest BCUT2D eigenvalue weighted by Gasteiger charge is -2.15. The summed E-state index contributed by atoms with van der Waals surface area (Å²) in [6.07, 6.45) is 8.60. The summed E-state index contributed by atoms with van der Waals surface area (Å²) in [5, 5.41) is 3.13. The molecule has 1 aliphatic carbocycles. The first kappa shape index (κ1) is 9.20. The van der Waals surface area contributed by atoms with Crippen molar-refractivity contribution in [2.24, 2.45) is 5.92 Å². The van der Waals surface area contributed by atoms with Crippen molar-refractivity contribution < 1.29 is 4.39 Å². The predicted octanol–water partition coefficient (Wildman–Crippen LogP) is 2.19. The fourth-order valence-corrected chi connectivity index (χ4v) is 1.12. The number of allylic oxidation sites excluding steroid dienone is 4. The van der Waals surface area contributed by atoms with Crippen molar-refractivity contribution in [2.75, 3.05) is 7.05 Å². The average Bonchev–Trinajstić information content (AvgIpc) is 2.29. The second-order valence-corrected chi connectivity index (χ2v) is 2.95. The standard InChI is InChI=1S/C10H14FN/c1-8(12-2)9-4-3-5-10(11)7-6-9/h3-9,12H,1-2H3. The number of hydrogen-bond donors (Lipinski definition) is 1. The van der Waals surface area contributed by atoms with Gasteiger partial charge < -0.3 is 5.32 Å². The van der Waals surface area contributed by atoms with Gasteiger partial charge in [0.2, 0.25) is 0 Å². The smallest absolute Gasteiger partial charge is 0.122 e. The molecule has 0 aliphatic heterocycles. The van der Waals surface area contributed by atoms with Crippen LogP contribution in [0.5, 0.6) is 0 Å². The zero-order chi connectivity index (χ0) is 8.97. The van der Waals surface area contributed by atoms with E-state index >= 15 is 0 Å². The van der Waals surface area contributed by atoms with Crippen molar-refractivity contribution >= 4 is 0 Å². The van der Waals surface area contributed by atoms with E-state index in [0.29, 0.717) is 6.04 Å². The summed E-state index contributed by atoms with van der Waals surface area (Å²) in [6, 6.07) is 0.344. The molecule has 1 N–H and O–H groups in total. The summed E-state index contributed by atoms with van der Waals surface area (Å²) in [5.74, 6) is 0.0940. The van der Waals surface area contributed by atoms with Gasteiger partial charge in [-0.2, -0.15) is 0 Å². The summed E-state index contributed by atoms with van der Waals surface area (Å²) >= 11 is 0. The van der Waals surface area contributed by atoms with Gasteiger partial charge in [-0.05, 0) is 26.1 Å². The molecule has 0 aromatic carbocycles. The minimum atomic E-state index is -0.183. The molecule has 1 nitrogen and oxygen atoms in total. The largest absolute Gasteiger partial charge is 0.316 e. The fourth-order valence-electron chi connectivity index (χ4n) is 1.12. The molecule has 0 saturated carbocycles. The Balaban J connectivity index is 2.67. The van der Waals surface area contributed by atoms with E-state index in [2.05, 4.69) is 12.2 Å². The highest BCUT2D eigenvalue weighted by Crippen LogP contribution is 2.13. The maximum absolute atomic E-state index is 12.7. The Morgan fingerprint density at radius 3 is 2.92 bits per heavy atom. The number of hydrogen-bond acceptors (Lipinski definition) is 1. The molecule has 1 aliphatic rings. The van der Waals surface area contributed by atoms with Crippen LogP contribution in [0, 0.1) is 5.92 Å². The van der Waals surface area contributed by atoms with Crippen LogP contribution in [0.15, 0.2) is 36.2 Å². The second-order valence-electron chi connectivity index (χ2n) is 2.95. The normalized spacial score (nSPS) is 24.9. The van der Waals surface area contributed by atoms with Crippen LogP contribution in [0.25, 0.3) is 0 Å². The Morgan fingerprint density at radius 1 is 1.50 bits per heavy atom. The Kier molecular flexibility index (Phi) is 3.23. The van der Waals surface area contributed by atoms with Crippen LogP contribution >= 0.6 is 0 Å². The van der Waals surface area contributed by atoms with Crippen LogP contribution in [-0.2, 0) is 0 Å². The van der Waals surface area contributed by atoms with E-state index in [4.69, 9.17) is 0 Å². The topological polar surface area (TPSA) is 12.0 Å². The van der Waals surface area contributed by atoms with Crippen LogP contribution < -0.4 is 5.32 Å². The predicted molar refractivity (Wildman–Crippen MR) is 49.5 cm³/mol. The molecule has 0 saturated heterocycles. The van der Waals surface area contributed by atoms with Crippen molar-refractivity contribution in [1.82, 2.24) is 5.32 Å². The molecular weight excluding hydrogens is 153 g/mol.